The molecular weight excluding hydrogens is 264 g/mol. The van der Waals surface area contributed by atoms with Crippen LogP contribution in [0.25, 0.3) is 0 Å². The summed E-state index contributed by atoms with van der Waals surface area (Å²) in [5.41, 5.74) is 1.18. The minimum absolute atomic E-state index is 0.0183. The molecule has 0 unspecified atom stereocenters. The zero-order chi connectivity index (χ0) is 15.2. The summed E-state index contributed by atoms with van der Waals surface area (Å²) in [7, 11) is 0. The first-order valence-corrected chi connectivity index (χ1v) is 7.79. The van der Waals surface area contributed by atoms with Gasteiger partial charge in [0.1, 0.15) is 5.82 Å². The van der Waals surface area contributed by atoms with Gasteiger partial charge in [-0.2, -0.15) is 0 Å². The first-order valence-electron chi connectivity index (χ1n) is 7.79. The number of anilines is 1. The molecule has 0 aromatic carbocycles. The molecule has 0 aliphatic carbocycles. The molecule has 5 nitrogen and oxygen atoms in total. The number of carbonyl (C=O) groups excluding carboxylic acids is 1. The van der Waals surface area contributed by atoms with Crippen LogP contribution in [0.2, 0.25) is 0 Å². The second-order valence-corrected chi connectivity index (χ2v) is 5.86. The van der Waals surface area contributed by atoms with Crippen molar-refractivity contribution in [2.24, 2.45) is 0 Å². The number of piperazine rings is 1. The zero-order valence-corrected chi connectivity index (χ0v) is 13.3. The van der Waals surface area contributed by atoms with Gasteiger partial charge in [-0.3, -0.25) is 14.6 Å². The number of aromatic nitrogens is 1. The Balaban J connectivity index is 1.77. The normalized spacial score (nSPS) is 17.1. The van der Waals surface area contributed by atoms with E-state index < -0.39 is 0 Å². The Labute approximate surface area is 127 Å². The van der Waals surface area contributed by atoms with Gasteiger partial charge in [0.2, 0.25) is 5.91 Å². The van der Waals surface area contributed by atoms with Crippen molar-refractivity contribution >= 4 is 11.7 Å². The van der Waals surface area contributed by atoms with Crippen LogP contribution in [0, 0.1) is 0 Å². The van der Waals surface area contributed by atoms with E-state index in [0.717, 1.165) is 32.6 Å². The average Bonchev–Trinajstić information content (AvgIpc) is 2.48. The summed E-state index contributed by atoms with van der Waals surface area (Å²) in [4.78, 5) is 21.0. The van der Waals surface area contributed by atoms with Crippen molar-refractivity contribution in [1.29, 1.82) is 0 Å². The Bertz CT molecular complexity index is 450. The lowest BCUT2D eigenvalue weighted by Crippen LogP contribution is -2.50. The molecule has 2 rings (SSSR count). The summed E-state index contributed by atoms with van der Waals surface area (Å²) >= 11 is 0. The molecule has 1 aliphatic rings. The molecule has 116 valence electrons. The SMILES string of the molecule is CCc1ccc(NC(=O)CN2CCN(C(C)C)CC2)nc1. The Morgan fingerprint density at radius 3 is 2.52 bits per heavy atom. The van der Waals surface area contributed by atoms with E-state index in [2.05, 4.69) is 40.9 Å². The maximum atomic E-state index is 12.0. The molecule has 0 bridgehead atoms. The van der Waals surface area contributed by atoms with E-state index in [-0.39, 0.29) is 5.91 Å². The second-order valence-electron chi connectivity index (χ2n) is 5.86. The minimum atomic E-state index is 0.0183. The van der Waals surface area contributed by atoms with Crippen LogP contribution in [-0.4, -0.2) is 59.5 Å². The first kappa shape index (κ1) is 15.9. The maximum absolute atomic E-state index is 12.0. The highest BCUT2D eigenvalue weighted by Crippen LogP contribution is 2.08. The third-order valence-electron chi connectivity index (χ3n) is 4.00. The number of hydrogen-bond donors (Lipinski definition) is 1. The van der Waals surface area contributed by atoms with Crippen molar-refractivity contribution in [1.82, 2.24) is 14.8 Å². The molecule has 1 fully saturated rings. The van der Waals surface area contributed by atoms with E-state index in [1.807, 2.05) is 18.3 Å². The van der Waals surface area contributed by atoms with Crippen LogP contribution >= 0.6 is 0 Å². The van der Waals surface area contributed by atoms with E-state index >= 15 is 0 Å². The van der Waals surface area contributed by atoms with Crippen LogP contribution < -0.4 is 5.32 Å². The smallest absolute Gasteiger partial charge is 0.239 e. The van der Waals surface area contributed by atoms with E-state index in [1.54, 1.807) is 0 Å². The molecule has 1 N–H and O–H groups in total. The van der Waals surface area contributed by atoms with Crippen molar-refractivity contribution in [2.75, 3.05) is 38.0 Å². The van der Waals surface area contributed by atoms with E-state index in [4.69, 9.17) is 0 Å². The summed E-state index contributed by atoms with van der Waals surface area (Å²) in [6, 6.07) is 4.46. The number of aryl methyl sites for hydroxylation is 1. The quantitative estimate of drug-likeness (QED) is 0.895. The summed E-state index contributed by atoms with van der Waals surface area (Å²) < 4.78 is 0. The number of rotatable bonds is 5. The van der Waals surface area contributed by atoms with E-state index in [1.165, 1.54) is 5.56 Å². The van der Waals surface area contributed by atoms with E-state index in [0.29, 0.717) is 18.4 Å². The highest BCUT2D eigenvalue weighted by atomic mass is 16.2. The summed E-state index contributed by atoms with van der Waals surface area (Å²) in [6.45, 7) is 10.9. The fourth-order valence-electron chi connectivity index (χ4n) is 2.53. The number of carbonyl (C=O) groups is 1. The number of nitrogens with one attached hydrogen (secondary N) is 1. The molecule has 1 amide bonds. The molecule has 0 radical (unpaired) electrons. The standard InChI is InChI=1S/C16H26N4O/c1-4-14-5-6-15(17-11-14)18-16(21)12-19-7-9-20(10-8-19)13(2)3/h5-6,11,13H,4,7-10,12H2,1-3H3,(H,17,18,21). The van der Waals surface area contributed by atoms with Crippen molar-refractivity contribution in [2.45, 2.75) is 33.2 Å². The lowest BCUT2D eigenvalue weighted by molar-refractivity contribution is -0.117. The summed E-state index contributed by atoms with van der Waals surface area (Å²) in [5, 5.41) is 2.87. The number of pyridine rings is 1. The molecule has 1 aromatic heterocycles. The third-order valence-corrected chi connectivity index (χ3v) is 4.00. The number of amides is 1. The summed E-state index contributed by atoms with van der Waals surface area (Å²) in [6.07, 6.45) is 2.78. The Morgan fingerprint density at radius 1 is 1.29 bits per heavy atom. The molecule has 5 heteroatoms. The number of nitrogens with zero attached hydrogens (tertiary/aromatic N) is 3. The van der Waals surface area contributed by atoms with Crippen LogP contribution in [0.5, 0.6) is 0 Å². The fraction of sp³-hybridized carbons (Fsp3) is 0.625. The van der Waals surface area contributed by atoms with Crippen molar-refractivity contribution in [3.63, 3.8) is 0 Å². The Hall–Kier alpha value is -1.46. The van der Waals surface area contributed by atoms with Crippen molar-refractivity contribution in [3.8, 4) is 0 Å². The average molecular weight is 290 g/mol. The van der Waals surface area contributed by atoms with Crippen molar-refractivity contribution < 1.29 is 4.79 Å². The second kappa shape index (κ2) is 7.52. The van der Waals surface area contributed by atoms with E-state index in [9.17, 15) is 4.79 Å². The zero-order valence-electron chi connectivity index (χ0n) is 13.3. The Morgan fingerprint density at radius 2 is 2.00 bits per heavy atom. The largest absolute Gasteiger partial charge is 0.310 e. The topological polar surface area (TPSA) is 48.5 Å². The lowest BCUT2D eigenvalue weighted by atomic mass is 10.2. The molecule has 1 saturated heterocycles. The molecule has 0 spiro atoms. The molecule has 0 saturated carbocycles. The molecule has 2 heterocycles. The molecule has 21 heavy (non-hydrogen) atoms. The van der Waals surface area contributed by atoms with Gasteiger partial charge in [0.25, 0.3) is 0 Å². The maximum Gasteiger partial charge on any atom is 0.239 e. The van der Waals surface area contributed by atoms with Crippen LogP contribution in [0.4, 0.5) is 5.82 Å². The van der Waals surface area contributed by atoms with Gasteiger partial charge in [-0.15, -0.1) is 0 Å². The van der Waals surface area contributed by atoms with Crippen LogP contribution in [-0.2, 0) is 11.2 Å². The van der Waals surface area contributed by atoms with Gasteiger partial charge in [-0.05, 0) is 31.9 Å². The molecule has 0 atom stereocenters. The van der Waals surface area contributed by atoms with Crippen LogP contribution in [0.15, 0.2) is 18.3 Å². The van der Waals surface area contributed by atoms with Gasteiger partial charge in [0.15, 0.2) is 0 Å². The molecular formula is C16H26N4O. The Kier molecular flexibility index (Phi) is 5.70. The van der Waals surface area contributed by atoms with Crippen LogP contribution in [0.3, 0.4) is 0 Å². The highest BCUT2D eigenvalue weighted by Gasteiger charge is 2.20. The monoisotopic (exact) mass is 290 g/mol. The minimum Gasteiger partial charge on any atom is -0.310 e. The van der Waals surface area contributed by atoms with Crippen molar-refractivity contribution in [3.05, 3.63) is 23.9 Å². The highest BCUT2D eigenvalue weighted by molar-refractivity contribution is 5.91. The molecule has 1 aliphatic heterocycles. The van der Waals surface area contributed by atoms with Gasteiger partial charge in [0, 0.05) is 38.4 Å². The van der Waals surface area contributed by atoms with Crippen LogP contribution in [0.1, 0.15) is 26.3 Å². The van der Waals surface area contributed by atoms with Gasteiger partial charge in [-0.1, -0.05) is 13.0 Å². The van der Waals surface area contributed by atoms with Gasteiger partial charge >= 0.3 is 0 Å². The lowest BCUT2D eigenvalue weighted by Gasteiger charge is -2.36. The van der Waals surface area contributed by atoms with Gasteiger partial charge in [0.05, 0.1) is 6.54 Å². The summed E-state index contributed by atoms with van der Waals surface area (Å²) in [5.74, 6) is 0.655. The predicted molar refractivity (Wildman–Crippen MR) is 85.4 cm³/mol. The fourth-order valence-corrected chi connectivity index (χ4v) is 2.53. The van der Waals surface area contributed by atoms with Gasteiger partial charge in [-0.25, -0.2) is 4.98 Å². The molecule has 1 aromatic rings. The first-order chi connectivity index (χ1) is 10.1. The van der Waals surface area contributed by atoms with Gasteiger partial charge < -0.3 is 5.32 Å². The predicted octanol–water partition coefficient (Wildman–Crippen LogP) is 1.61. The third kappa shape index (κ3) is 4.79. The number of hydrogen-bond acceptors (Lipinski definition) is 4.